The van der Waals surface area contributed by atoms with E-state index in [4.69, 9.17) is 0 Å². The van der Waals surface area contributed by atoms with Gasteiger partial charge in [-0.1, -0.05) is 74.9 Å². The predicted octanol–water partition coefficient (Wildman–Crippen LogP) is 5.74. The van der Waals surface area contributed by atoms with E-state index in [0.717, 1.165) is 6.42 Å². The Hall–Kier alpha value is -1.56. The fourth-order valence-electron chi connectivity index (χ4n) is 2.70. The summed E-state index contributed by atoms with van der Waals surface area (Å²) < 4.78 is 0. The van der Waals surface area contributed by atoms with Crippen LogP contribution in [0.1, 0.15) is 51.2 Å². The monoisotopic (exact) mass is 252 g/mol. The fraction of sp³-hybridized carbons (Fsp3) is 0.368. The van der Waals surface area contributed by atoms with E-state index in [1.807, 2.05) is 0 Å². The molecule has 0 heterocycles. The second kappa shape index (κ2) is 5.61. The molecule has 0 nitrogen and oxygen atoms in total. The molecule has 0 saturated carbocycles. The highest BCUT2D eigenvalue weighted by Crippen LogP contribution is 2.37. The number of hydrogen-bond donors (Lipinski definition) is 0. The molecular weight excluding hydrogens is 228 g/mol. The normalized spacial score (nSPS) is 18.5. The van der Waals surface area contributed by atoms with Crippen LogP contribution >= 0.6 is 0 Å². The summed E-state index contributed by atoms with van der Waals surface area (Å²) in [6.45, 7) is 13.0. The number of rotatable bonds is 4. The van der Waals surface area contributed by atoms with Gasteiger partial charge in [-0.25, -0.2) is 0 Å². The molecule has 1 aromatic carbocycles. The molecule has 0 fully saturated rings. The third-order valence-corrected chi connectivity index (χ3v) is 3.95. The largest absolute Gasteiger partial charge is 0.0952 e. The molecule has 0 amide bonds. The Kier molecular flexibility index (Phi) is 4.09. The minimum atomic E-state index is 0.462. The Bertz CT molecular complexity index is 524. The van der Waals surface area contributed by atoms with Crippen LogP contribution in [0, 0.1) is 5.92 Å². The van der Waals surface area contributed by atoms with Gasteiger partial charge in [0.15, 0.2) is 0 Å². The minimum absolute atomic E-state index is 0.462. The molecule has 1 aromatic rings. The second-order valence-corrected chi connectivity index (χ2v) is 5.77. The van der Waals surface area contributed by atoms with Crippen molar-refractivity contribution in [1.29, 1.82) is 0 Å². The van der Waals surface area contributed by atoms with Crippen molar-refractivity contribution in [1.82, 2.24) is 0 Å². The van der Waals surface area contributed by atoms with E-state index >= 15 is 0 Å². The van der Waals surface area contributed by atoms with E-state index in [2.05, 4.69) is 70.7 Å². The maximum atomic E-state index is 4.10. The molecular formula is C19H24. The van der Waals surface area contributed by atoms with Crippen molar-refractivity contribution in [3.05, 3.63) is 65.3 Å². The van der Waals surface area contributed by atoms with Crippen LogP contribution in [0.15, 0.2) is 54.1 Å². The molecule has 0 aromatic heterocycles. The molecule has 0 saturated heterocycles. The van der Waals surface area contributed by atoms with Gasteiger partial charge in [0.05, 0.1) is 0 Å². The number of hydrogen-bond acceptors (Lipinski definition) is 0. The second-order valence-electron chi connectivity index (χ2n) is 5.77. The lowest BCUT2D eigenvalue weighted by Gasteiger charge is -2.18. The third-order valence-electron chi connectivity index (χ3n) is 3.95. The van der Waals surface area contributed by atoms with Crippen molar-refractivity contribution in [2.24, 2.45) is 5.92 Å². The maximum absolute atomic E-state index is 4.10. The van der Waals surface area contributed by atoms with Crippen LogP contribution in [0.2, 0.25) is 0 Å². The van der Waals surface area contributed by atoms with Crippen molar-refractivity contribution in [3.8, 4) is 0 Å². The average molecular weight is 252 g/mol. The smallest absolute Gasteiger partial charge is 0.0239 e. The van der Waals surface area contributed by atoms with Crippen molar-refractivity contribution in [3.63, 3.8) is 0 Å². The van der Waals surface area contributed by atoms with Gasteiger partial charge in [0.1, 0.15) is 0 Å². The van der Waals surface area contributed by atoms with Gasteiger partial charge in [-0.2, -0.15) is 0 Å². The van der Waals surface area contributed by atoms with E-state index in [1.54, 1.807) is 0 Å². The first kappa shape index (κ1) is 13.9. The van der Waals surface area contributed by atoms with E-state index in [9.17, 15) is 0 Å². The third kappa shape index (κ3) is 2.89. The molecule has 2 rings (SSSR count). The highest BCUT2D eigenvalue weighted by atomic mass is 14.3. The van der Waals surface area contributed by atoms with Crippen LogP contribution in [0.4, 0.5) is 0 Å². The summed E-state index contributed by atoms with van der Waals surface area (Å²) in [5.41, 5.74) is 6.78. The van der Waals surface area contributed by atoms with Crippen LogP contribution in [0.25, 0.3) is 5.57 Å². The standard InChI is InChI=1S/C19H24/c1-6-15(5)16-7-9-17(10-8-16)19-12-14(4)11-18(19)13(2)3/h7-13,19H,5-6H2,1-4H3. The molecule has 100 valence electrons. The molecule has 0 heteroatoms. The molecule has 0 spiro atoms. The zero-order valence-electron chi connectivity index (χ0n) is 12.5. The van der Waals surface area contributed by atoms with Crippen molar-refractivity contribution >= 4 is 5.57 Å². The van der Waals surface area contributed by atoms with Gasteiger partial charge < -0.3 is 0 Å². The molecule has 1 aliphatic rings. The first-order chi connectivity index (χ1) is 9.02. The summed E-state index contributed by atoms with van der Waals surface area (Å²) in [6, 6.07) is 8.93. The Morgan fingerprint density at radius 1 is 1.21 bits per heavy atom. The summed E-state index contributed by atoms with van der Waals surface area (Å²) in [6.07, 6.45) is 5.73. The van der Waals surface area contributed by atoms with Gasteiger partial charge in [-0.05, 0) is 36.0 Å². The van der Waals surface area contributed by atoms with Crippen LogP contribution in [0.5, 0.6) is 0 Å². The van der Waals surface area contributed by atoms with Crippen molar-refractivity contribution in [2.75, 3.05) is 0 Å². The van der Waals surface area contributed by atoms with Crippen LogP contribution < -0.4 is 0 Å². The van der Waals surface area contributed by atoms with Crippen LogP contribution in [-0.4, -0.2) is 0 Å². The topological polar surface area (TPSA) is 0 Å². The summed E-state index contributed by atoms with van der Waals surface area (Å²) in [5, 5.41) is 0. The van der Waals surface area contributed by atoms with Gasteiger partial charge in [0, 0.05) is 5.92 Å². The summed E-state index contributed by atoms with van der Waals surface area (Å²) in [7, 11) is 0. The lowest BCUT2D eigenvalue weighted by molar-refractivity contribution is 0.717. The molecule has 19 heavy (non-hydrogen) atoms. The van der Waals surface area contributed by atoms with Crippen molar-refractivity contribution in [2.45, 2.75) is 40.0 Å². The Morgan fingerprint density at radius 3 is 2.37 bits per heavy atom. The van der Waals surface area contributed by atoms with Gasteiger partial charge >= 0.3 is 0 Å². The van der Waals surface area contributed by atoms with Gasteiger partial charge in [0.25, 0.3) is 0 Å². The van der Waals surface area contributed by atoms with Gasteiger partial charge in [-0.3, -0.25) is 0 Å². The van der Waals surface area contributed by atoms with Crippen molar-refractivity contribution < 1.29 is 0 Å². The van der Waals surface area contributed by atoms with E-state index in [1.165, 1.54) is 27.8 Å². The Labute approximate surface area is 117 Å². The zero-order chi connectivity index (χ0) is 14.0. The van der Waals surface area contributed by atoms with Crippen LogP contribution in [-0.2, 0) is 0 Å². The first-order valence-corrected chi connectivity index (χ1v) is 7.21. The molecule has 0 aliphatic heterocycles. The quantitative estimate of drug-likeness (QED) is 0.641. The van der Waals surface area contributed by atoms with Crippen LogP contribution in [0.3, 0.4) is 0 Å². The lowest BCUT2D eigenvalue weighted by atomic mass is 9.86. The van der Waals surface area contributed by atoms with Gasteiger partial charge in [0.2, 0.25) is 0 Å². The fourth-order valence-corrected chi connectivity index (χ4v) is 2.70. The Morgan fingerprint density at radius 2 is 1.84 bits per heavy atom. The summed E-state index contributed by atoms with van der Waals surface area (Å²) in [4.78, 5) is 0. The molecule has 0 radical (unpaired) electrons. The molecule has 1 atom stereocenters. The summed E-state index contributed by atoms with van der Waals surface area (Å²) >= 11 is 0. The average Bonchev–Trinajstić information content (AvgIpc) is 2.80. The first-order valence-electron chi connectivity index (χ1n) is 7.21. The number of allylic oxidation sites excluding steroid dienone is 5. The van der Waals surface area contributed by atoms with E-state index in [0.29, 0.717) is 11.8 Å². The maximum Gasteiger partial charge on any atom is 0.0239 e. The highest BCUT2D eigenvalue weighted by molar-refractivity contribution is 5.63. The van der Waals surface area contributed by atoms with E-state index < -0.39 is 0 Å². The lowest BCUT2D eigenvalue weighted by Crippen LogP contribution is -2.03. The zero-order valence-corrected chi connectivity index (χ0v) is 12.5. The molecule has 1 aliphatic carbocycles. The Balaban J connectivity index is 2.28. The number of benzene rings is 1. The summed E-state index contributed by atoms with van der Waals surface area (Å²) in [5.74, 6) is 1.06. The SMILES string of the molecule is C=C(CC)c1ccc(C2C=C(C)C=C2C(C)C)cc1. The highest BCUT2D eigenvalue weighted by Gasteiger charge is 2.21. The molecule has 1 unspecified atom stereocenters. The van der Waals surface area contributed by atoms with Gasteiger partial charge in [-0.15, -0.1) is 0 Å². The minimum Gasteiger partial charge on any atom is -0.0952 e. The molecule has 0 N–H and O–H groups in total. The predicted molar refractivity (Wildman–Crippen MR) is 85.2 cm³/mol. The molecule has 0 bridgehead atoms. The van der Waals surface area contributed by atoms with E-state index in [-0.39, 0.29) is 0 Å².